The maximum Gasteiger partial charge on any atom is 0.426 e. The Morgan fingerprint density at radius 2 is 1.88 bits per heavy atom. The molecule has 0 radical (unpaired) electrons. The molecule has 3 nitrogen and oxygen atoms in total. The first-order valence-electron chi connectivity index (χ1n) is 7.40. The Morgan fingerprint density at radius 1 is 1.20 bits per heavy atom. The van der Waals surface area contributed by atoms with E-state index in [0.717, 1.165) is 7.11 Å². The zero-order valence-electron chi connectivity index (χ0n) is 13.4. The van der Waals surface area contributed by atoms with Crippen molar-refractivity contribution in [1.82, 2.24) is 0 Å². The molecule has 1 aliphatic rings. The minimum absolute atomic E-state index is 0.0890. The van der Waals surface area contributed by atoms with Gasteiger partial charge in [-0.2, -0.15) is 13.2 Å². The highest BCUT2D eigenvalue weighted by atomic mass is 35.5. The van der Waals surface area contributed by atoms with Gasteiger partial charge in [0.1, 0.15) is 6.61 Å². The van der Waals surface area contributed by atoms with Crippen molar-refractivity contribution in [1.29, 1.82) is 0 Å². The number of fused-ring (bicyclic) bond motifs is 3. The van der Waals surface area contributed by atoms with Crippen molar-refractivity contribution in [2.24, 2.45) is 0 Å². The maximum atomic E-state index is 14.3. The lowest BCUT2D eigenvalue weighted by molar-refractivity contribution is -0.265. The topological polar surface area (TPSA) is 35.5 Å². The Bertz CT molecular complexity index is 848. The molecule has 0 aromatic heterocycles. The molecule has 7 heteroatoms. The van der Waals surface area contributed by atoms with Crippen LogP contribution in [0, 0.1) is 6.92 Å². The smallest absolute Gasteiger partial charge is 0.426 e. The average molecular weight is 371 g/mol. The fourth-order valence-electron chi connectivity index (χ4n) is 3.22. The molecule has 0 bridgehead atoms. The van der Waals surface area contributed by atoms with Gasteiger partial charge in [0.05, 0.1) is 7.11 Å². The van der Waals surface area contributed by atoms with Crippen LogP contribution in [-0.2, 0) is 19.9 Å². The number of aryl methyl sites for hydroxylation is 1. The van der Waals surface area contributed by atoms with E-state index < -0.39 is 24.4 Å². The summed E-state index contributed by atoms with van der Waals surface area (Å²) in [6.07, 6.45) is -4.81. The molecule has 0 N–H and O–H groups in total. The number of esters is 1. The van der Waals surface area contributed by atoms with Crippen molar-refractivity contribution in [3.05, 3.63) is 58.1 Å². The third-order valence-corrected chi connectivity index (χ3v) is 4.52. The summed E-state index contributed by atoms with van der Waals surface area (Å²) in [5.41, 5.74) is -1.81. The highest BCUT2D eigenvalue weighted by Gasteiger charge is 2.63. The molecule has 2 aromatic rings. The molecule has 1 aliphatic carbocycles. The Balaban J connectivity index is 2.33. The van der Waals surface area contributed by atoms with Crippen LogP contribution in [0.15, 0.2) is 36.4 Å². The van der Waals surface area contributed by atoms with Crippen molar-refractivity contribution < 1.29 is 27.4 Å². The predicted molar refractivity (Wildman–Crippen MR) is 86.4 cm³/mol. The van der Waals surface area contributed by atoms with E-state index in [-0.39, 0.29) is 21.7 Å². The molecular formula is C18H14ClF3O3. The lowest BCUT2D eigenvalue weighted by Crippen LogP contribution is -2.45. The van der Waals surface area contributed by atoms with E-state index in [9.17, 15) is 18.0 Å². The summed E-state index contributed by atoms with van der Waals surface area (Å²) in [5, 5.41) is 0.204. The Kier molecular flexibility index (Phi) is 4.29. The van der Waals surface area contributed by atoms with Crippen molar-refractivity contribution in [3.8, 4) is 11.1 Å². The second-order valence-corrected chi connectivity index (χ2v) is 6.17. The Morgan fingerprint density at radius 3 is 2.52 bits per heavy atom. The molecule has 2 aromatic carbocycles. The predicted octanol–water partition coefficient (Wildman–Crippen LogP) is 4.62. The SMILES string of the molecule is COC(=O)COC1(C(F)(F)F)c2ccccc2-c2c(Cl)cc(C)cc21. The van der Waals surface area contributed by atoms with Gasteiger partial charge in [0.2, 0.25) is 5.60 Å². The van der Waals surface area contributed by atoms with Gasteiger partial charge >= 0.3 is 12.1 Å². The van der Waals surface area contributed by atoms with Crippen molar-refractivity contribution in [3.63, 3.8) is 0 Å². The van der Waals surface area contributed by atoms with Crippen LogP contribution in [0.1, 0.15) is 16.7 Å². The normalized spacial score (nSPS) is 18.6. The molecule has 0 amide bonds. The van der Waals surface area contributed by atoms with Crippen LogP contribution < -0.4 is 0 Å². The minimum atomic E-state index is -4.81. The molecule has 0 saturated carbocycles. The summed E-state index contributed by atoms with van der Waals surface area (Å²) in [4.78, 5) is 11.5. The number of ether oxygens (including phenoxy) is 2. The second-order valence-electron chi connectivity index (χ2n) is 5.76. The van der Waals surface area contributed by atoms with Gasteiger partial charge in [-0.1, -0.05) is 41.9 Å². The number of carbonyl (C=O) groups excluding carboxylic acids is 1. The summed E-state index contributed by atoms with van der Waals surface area (Å²) >= 11 is 6.26. The van der Waals surface area contributed by atoms with Crippen molar-refractivity contribution in [2.45, 2.75) is 18.7 Å². The van der Waals surface area contributed by atoms with Crippen LogP contribution in [0.4, 0.5) is 13.2 Å². The van der Waals surface area contributed by atoms with Crippen LogP contribution in [-0.4, -0.2) is 25.9 Å². The molecule has 0 heterocycles. The molecule has 0 fully saturated rings. The van der Waals surface area contributed by atoms with Crippen LogP contribution >= 0.6 is 11.6 Å². The third-order valence-electron chi connectivity index (χ3n) is 4.22. The van der Waals surface area contributed by atoms with Gasteiger partial charge in [-0.25, -0.2) is 4.79 Å². The average Bonchev–Trinajstić information content (AvgIpc) is 2.83. The quantitative estimate of drug-likeness (QED) is 0.739. The number of carbonyl (C=O) groups is 1. The number of hydrogen-bond donors (Lipinski definition) is 0. The number of benzene rings is 2. The molecule has 132 valence electrons. The molecule has 0 spiro atoms. The lowest BCUT2D eigenvalue weighted by atomic mass is 9.89. The summed E-state index contributed by atoms with van der Waals surface area (Å²) in [6.45, 7) is 0.811. The van der Waals surface area contributed by atoms with Gasteiger partial charge in [-0.05, 0) is 24.1 Å². The van der Waals surface area contributed by atoms with Gasteiger partial charge < -0.3 is 9.47 Å². The van der Waals surface area contributed by atoms with E-state index in [2.05, 4.69) is 4.74 Å². The van der Waals surface area contributed by atoms with Crippen molar-refractivity contribution >= 4 is 17.6 Å². The van der Waals surface area contributed by atoms with E-state index in [1.807, 2.05) is 0 Å². The van der Waals surface area contributed by atoms with Gasteiger partial charge in [0.15, 0.2) is 0 Å². The molecule has 0 aliphatic heterocycles. The number of rotatable bonds is 3. The molecule has 25 heavy (non-hydrogen) atoms. The van der Waals surface area contributed by atoms with Gasteiger partial charge in [-0.3, -0.25) is 0 Å². The summed E-state index contributed by atoms with van der Waals surface area (Å²) in [5.74, 6) is -0.895. The monoisotopic (exact) mass is 370 g/mol. The van der Waals surface area contributed by atoms with Crippen LogP contribution in [0.25, 0.3) is 11.1 Å². The largest absolute Gasteiger partial charge is 0.467 e. The third kappa shape index (κ3) is 2.60. The van der Waals surface area contributed by atoms with E-state index in [1.54, 1.807) is 25.1 Å². The molecule has 1 atom stereocenters. The van der Waals surface area contributed by atoms with Gasteiger partial charge in [0, 0.05) is 21.7 Å². The maximum absolute atomic E-state index is 14.3. The van der Waals surface area contributed by atoms with Crippen LogP contribution in [0.3, 0.4) is 0 Å². The van der Waals surface area contributed by atoms with Crippen LogP contribution in [0.5, 0.6) is 0 Å². The van der Waals surface area contributed by atoms with E-state index in [1.165, 1.54) is 18.2 Å². The fourth-order valence-corrected chi connectivity index (χ4v) is 3.59. The first kappa shape index (κ1) is 17.8. The zero-order valence-corrected chi connectivity index (χ0v) is 14.2. The van der Waals surface area contributed by atoms with E-state index >= 15 is 0 Å². The fraction of sp³-hybridized carbons (Fsp3) is 0.278. The lowest BCUT2D eigenvalue weighted by Gasteiger charge is -2.33. The molecule has 3 rings (SSSR count). The molecular weight excluding hydrogens is 357 g/mol. The Hall–Kier alpha value is -2.05. The van der Waals surface area contributed by atoms with Crippen molar-refractivity contribution in [2.75, 3.05) is 13.7 Å². The number of halogens is 4. The first-order valence-corrected chi connectivity index (χ1v) is 7.78. The Labute approximate surface area is 147 Å². The highest BCUT2D eigenvalue weighted by molar-refractivity contribution is 6.34. The number of methoxy groups -OCH3 is 1. The second kappa shape index (κ2) is 6.04. The zero-order chi connectivity index (χ0) is 18.4. The number of hydrogen-bond acceptors (Lipinski definition) is 3. The minimum Gasteiger partial charge on any atom is -0.467 e. The first-order chi connectivity index (χ1) is 11.7. The van der Waals surface area contributed by atoms with E-state index in [0.29, 0.717) is 11.1 Å². The van der Waals surface area contributed by atoms with Gasteiger partial charge in [-0.15, -0.1) is 0 Å². The summed E-state index contributed by atoms with van der Waals surface area (Å²) in [7, 11) is 1.09. The summed E-state index contributed by atoms with van der Waals surface area (Å²) in [6, 6.07) is 9.02. The highest BCUT2D eigenvalue weighted by Crippen LogP contribution is 2.58. The molecule has 0 saturated heterocycles. The summed E-state index contributed by atoms with van der Waals surface area (Å²) < 4.78 is 52.5. The van der Waals surface area contributed by atoms with Crippen LogP contribution in [0.2, 0.25) is 5.02 Å². The van der Waals surface area contributed by atoms with E-state index in [4.69, 9.17) is 16.3 Å². The molecule has 1 unspecified atom stereocenters. The standard InChI is InChI=1S/C18H14ClF3O3/c1-10-7-13-16(14(19)8-10)11-5-3-4-6-12(11)17(13,18(20,21)22)25-9-15(23)24-2/h3-8H,9H2,1-2H3. The number of alkyl halides is 3. The van der Waals surface area contributed by atoms with Gasteiger partial charge in [0.25, 0.3) is 0 Å².